The molecule has 1 aromatic heterocycles. The number of H-pyrrole nitrogens is 1. The van der Waals surface area contributed by atoms with Crippen LogP contribution in [0.15, 0.2) is 6.20 Å². The van der Waals surface area contributed by atoms with Crippen molar-refractivity contribution in [2.24, 2.45) is 5.92 Å². The molecule has 0 aromatic carbocycles. The van der Waals surface area contributed by atoms with E-state index in [4.69, 9.17) is 5.73 Å². The maximum atomic E-state index is 5.55. The van der Waals surface area contributed by atoms with Crippen molar-refractivity contribution in [2.75, 3.05) is 17.6 Å². The SMILES string of the molecule is CC(C)CNc1cn[nH]c1N. The van der Waals surface area contributed by atoms with Gasteiger partial charge in [-0.25, -0.2) is 0 Å². The smallest absolute Gasteiger partial charge is 0.142 e. The lowest BCUT2D eigenvalue weighted by molar-refractivity contribution is 0.689. The van der Waals surface area contributed by atoms with Gasteiger partial charge in [0.25, 0.3) is 0 Å². The molecular formula is C7H14N4. The van der Waals surface area contributed by atoms with Crippen molar-refractivity contribution in [3.63, 3.8) is 0 Å². The first-order chi connectivity index (χ1) is 5.20. The maximum Gasteiger partial charge on any atom is 0.142 e. The average molecular weight is 154 g/mol. The second kappa shape index (κ2) is 3.27. The van der Waals surface area contributed by atoms with Crippen LogP contribution in [-0.2, 0) is 0 Å². The van der Waals surface area contributed by atoms with Crippen molar-refractivity contribution in [2.45, 2.75) is 13.8 Å². The molecule has 4 heteroatoms. The van der Waals surface area contributed by atoms with Crippen LogP contribution in [0.4, 0.5) is 11.5 Å². The number of aromatic amines is 1. The molecule has 0 saturated carbocycles. The van der Waals surface area contributed by atoms with Crippen LogP contribution in [0.2, 0.25) is 0 Å². The number of nitrogen functional groups attached to an aromatic ring is 1. The Balaban J connectivity index is 2.44. The van der Waals surface area contributed by atoms with Gasteiger partial charge >= 0.3 is 0 Å². The van der Waals surface area contributed by atoms with Crippen molar-refractivity contribution in [3.8, 4) is 0 Å². The first-order valence-corrected chi connectivity index (χ1v) is 3.73. The number of hydrogen-bond donors (Lipinski definition) is 3. The highest BCUT2D eigenvalue weighted by Crippen LogP contribution is 2.12. The molecule has 0 radical (unpaired) electrons. The fourth-order valence-electron chi connectivity index (χ4n) is 0.751. The molecule has 0 fully saturated rings. The summed E-state index contributed by atoms with van der Waals surface area (Å²) in [7, 11) is 0. The summed E-state index contributed by atoms with van der Waals surface area (Å²) in [5.74, 6) is 1.22. The Kier molecular flexibility index (Phi) is 2.36. The predicted molar refractivity (Wildman–Crippen MR) is 46.3 cm³/mol. The Bertz CT molecular complexity index is 216. The minimum atomic E-state index is 0.602. The van der Waals surface area contributed by atoms with E-state index >= 15 is 0 Å². The zero-order valence-corrected chi connectivity index (χ0v) is 6.89. The van der Waals surface area contributed by atoms with Gasteiger partial charge in [0.2, 0.25) is 0 Å². The lowest BCUT2D eigenvalue weighted by Gasteiger charge is -2.06. The van der Waals surface area contributed by atoms with Gasteiger partial charge in [0.05, 0.1) is 11.9 Å². The van der Waals surface area contributed by atoms with E-state index in [1.165, 1.54) is 0 Å². The summed E-state index contributed by atoms with van der Waals surface area (Å²) in [4.78, 5) is 0. The molecule has 11 heavy (non-hydrogen) atoms. The van der Waals surface area contributed by atoms with Crippen LogP contribution in [-0.4, -0.2) is 16.7 Å². The number of hydrogen-bond acceptors (Lipinski definition) is 3. The lowest BCUT2D eigenvalue weighted by atomic mass is 10.2. The van der Waals surface area contributed by atoms with Gasteiger partial charge < -0.3 is 11.1 Å². The topological polar surface area (TPSA) is 66.7 Å². The number of nitrogens with two attached hydrogens (primary N) is 1. The Morgan fingerprint density at radius 3 is 2.91 bits per heavy atom. The highest BCUT2D eigenvalue weighted by atomic mass is 15.2. The number of aromatic nitrogens is 2. The standard InChI is InChI=1S/C7H14N4/c1-5(2)3-9-6-4-10-11-7(6)8/h4-5,9H,3H2,1-2H3,(H3,8,10,11). The highest BCUT2D eigenvalue weighted by Gasteiger charge is 1.99. The Morgan fingerprint density at radius 2 is 2.45 bits per heavy atom. The van der Waals surface area contributed by atoms with E-state index in [0.29, 0.717) is 11.7 Å². The van der Waals surface area contributed by atoms with Gasteiger partial charge in [-0.2, -0.15) is 5.10 Å². The first kappa shape index (κ1) is 7.91. The van der Waals surface area contributed by atoms with Gasteiger partial charge in [-0.1, -0.05) is 13.8 Å². The highest BCUT2D eigenvalue weighted by molar-refractivity contribution is 5.59. The second-order valence-electron chi connectivity index (χ2n) is 2.97. The molecule has 0 aliphatic carbocycles. The van der Waals surface area contributed by atoms with Crippen LogP contribution in [0, 0.1) is 5.92 Å². The number of nitrogens with zero attached hydrogens (tertiary/aromatic N) is 1. The monoisotopic (exact) mass is 154 g/mol. The Labute approximate surface area is 66.2 Å². The summed E-state index contributed by atoms with van der Waals surface area (Å²) < 4.78 is 0. The van der Waals surface area contributed by atoms with E-state index in [0.717, 1.165) is 12.2 Å². The second-order valence-corrected chi connectivity index (χ2v) is 2.97. The van der Waals surface area contributed by atoms with Crippen LogP contribution in [0.1, 0.15) is 13.8 Å². The molecule has 0 spiro atoms. The van der Waals surface area contributed by atoms with Crippen LogP contribution in [0.5, 0.6) is 0 Å². The first-order valence-electron chi connectivity index (χ1n) is 3.73. The van der Waals surface area contributed by atoms with Crippen molar-refractivity contribution in [1.82, 2.24) is 10.2 Å². The third-order valence-electron chi connectivity index (χ3n) is 1.37. The molecule has 4 N–H and O–H groups in total. The third kappa shape index (κ3) is 2.14. The fourth-order valence-corrected chi connectivity index (χ4v) is 0.751. The lowest BCUT2D eigenvalue weighted by Crippen LogP contribution is -2.08. The molecule has 0 amide bonds. The minimum absolute atomic E-state index is 0.602. The molecular weight excluding hydrogens is 140 g/mol. The van der Waals surface area contributed by atoms with E-state index in [9.17, 15) is 0 Å². The molecule has 0 unspecified atom stereocenters. The Morgan fingerprint density at radius 1 is 1.73 bits per heavy atom. The number of rotatable bonds is 3. The fraction of sp³-hybridized carbons (Fsp3) is 0.571. The normalized spacial score (nSPS) is 10.5. The molecule has 0 bridgehead atoms. The molecule has 0 atom stereocenters. The average Bonchev–Trinajstić information content (AvgIpc) is 2.31. The van der Waals surface area contributed by atoms with E-state index in [1.807, 2.05) is 0 Å². The number of anilines is 2. The maximum absolute atomic E-state index is 5.55. The van der Waals surface area contributed by atoms with Crippen molar-refractivity contribution in [3.05, 3.63) is 6.20 Å². The molecule has 0 aliphatic rings. The van der Waals surface area contributed by atoms with Crippen molar-refractivity contribution < 1.29 is 0 Å². The minimum Gasteiger partial charge on any atom is -0.382 e. The van der Waals surface area contributed by atoms with Gasteiger partial charge in [-0.3, -0.25) is 5.10 Å². The van der Waals surface area contributed by atoms with Crippen LogP contribution >= 0.6 is 0 Å². The summed E-state index contributed by atoms with van der Waals surface area (Å²) in [5, 5.41) is 9.62. The van der Waals surface area contributed by atoms with Gasteiger partial charge in [0.15, 0.2) is 0 Å². The van der Waals surface area contributed by atoms with Crippen molar-refractivity contribution in [1.29, 1.82) is 0 Å². The van der Waals surface area contributed by atoms with E-state index in [-0.39, 0.29) is 0 Å². The molecule has 0 aliphatic heterocycles. The number of nitrogens with one attached hydrogen (secondary N) is 2. The molecule has 1 rings (SSSR count). The van der Waals surface area contributed by atoms with Gasteiger partial charge in [-0.05, 0) is 5.92 Å². The third-order valence-corrected chi connectivity index (χ3v) is 1.37. The molecule has 4 nitrogen and oxygen atoms in total. The summed E-state index contributed by atoms with van der Waals surface area (Å²) in [6.07, 6.45) is 1.69. The van der Waals surface area contributed by atoms with Crippen LogP contribution in [0.3, 0.4) is 0 Å². The van der Waals surface area contributed by atoms with E-state index in [1.54, 1.807) is 6.20 Å². The van der Waals surface area contributed by atoms with E-state index < -0.39 is 0 Å². The van der Waals surface area contributed by atoms with Crippen LogP contribution in [0.25, 0.3) is 0 Å². The summed E-state index contributed by atoms with van der Waals surface area (Å²) in [6.45, 7) is 5.20. The summed E-state index contributed by atoms with van der Waals surface area (Å²) >= 11 is 0. The quantitative estimate of drug-likeness (QED) is 0.609. The predicted octanol–water partition coefficient (Wildman–Crippen LogP) is 1.06. The van der Waals surface area contributed by atoms with E-state index in [2.05, 4.69) is 29.4 Å². The van der Waals surface area contributed by atoms with Crippen molar-refractivity contribution >= 4 is 11.5 Å². The summed E-state index contributed by atoms with van der Waals surface area (Å²) in [5.41, 5.74) is 6.43. The Hall–Kier alpha value is -1.19. The molecule has 0 saturated heterocycles. The van der Waals surface area contributed by atoms with Gasteiger partial charge in [-0.15, -0.1) is 0 Å². The molecule has 62 valence electrons. The molecule has 1 heterocycles. The van der Waals surface area contributed by atoms with Crippen LogP contribution < -0.4 is 11.1 Å². The van der Waals surface area contributed by atoms with Gasteiger partial charge in [0, 0.05) is 6.54 Å². The van der Waals surface area contributed by atoms with Gasteiger partial charge in [0.1, 0.15) is 5.82 Å². The zero-order chi connectivity index (χ0) is 8.27. The largest absolute Gasteiger partial charge is 0.382 e. The zero-order valence-electron chi connectivity index (χ0n) is 6.89. The molecule has 1 aromatic rings. The summed E-state index contributed by atoms with van der Waals surface area (Å²) in [6, 6.07) is 0.